The maximum atomic E-state index is 16.2. The van der Waals surface area contributed by atoms with Crippen molar-refractivity contribution in [1.82, 2.24) is 44.1 Å². The van der Waals surface area contributed by atoms with E-state index in [0.717, 1.165) is 11.3 Å². The number of benzene rings is 4. The van der Waals surface area contributed by atoms with Crippen LogP contribution in [0.5, 0.6) is 17.2 Å². The lowest BCUT2D eigenvalue weighted by atomic mass is 9.93. The Morgan fingerprint density at radius 2 is 1.36 bits per heavy atom. The van der Waals surface area contributed by atoms with Crippen LogP contribution in [0.2, 0.25) is 0 Å². The number of imidazole rings is 1. The van der Waals surface area contributed by atoms with Crippen LogP contribution in [0.15, 0.2) is 107 Å². The van der Waals surface area contributed by atoms with Gasteiger partial charge >= 0.3 is 6.09 Å². The molecule has 1 atom stereocenters. The molecule has 0 radical (unpaired) electrons. The van der Waals surface area contributed by atoms with E-state index in [1.165, 1.54) is 20.1 Å². The second-order valence-electron chi connectivity index (χ2n) is 18.0. The molecule has 2 aliphatic rings. The summed E-state index contributed by atoms with van der Waals surface area (Å²) in [6.45, 7) is 6.33. The van der Waals surface area contributed by atoms with Crippen LogP contribution in [0.1, 0.15) is 68.3 Å². The minimum atomic E-state index is -4.87. The molecule has 2 saturated heterocycles. The maximum Gasteiger partial charge on any atom is 0.410 e. The zero-order chi connectivity index (χ0) is 48.9. The van der Waals surface area contributed by atoms with E-state index < -0.39 is 47.6 Å². The van der Waals surface area contributed by atoms with Gasteiger partial charge in [-0.25, -0.2) is 31.3 Å². The van der Waals surface area contributed by atoms with E-state index in [1.54, 1.807) is 103 Å². The Hall–Kier alpha value is -6.55. The number of sulfonamides is 2. The van der Waals surface area contributed by atoms with Gasteiger partial charge in [0, 0.05) is 68.8 Å². The van der Waals surface area contributed by atoms with E-state index in [4.69, 9.17) is 24.0 Å². The molecule has 21 heteroatoms. The summed E-state index contributed by atoms with van der Waals surface area (Å²) in [5.74, 6) is 1.90. The van der Waals surface area contributed by atoms with Gasteiger partial charge in [0.1, 0.15) is 32.6 Å². The molecule has 0 spiro atoms. The molecule has 2 N–H and O–H groups in total. The van der Waals surface area contributed by atoms with Gasteiger partial charge in [-0.15, -0.1) is 10.2 Å². The van der Waals surface area contributed by atoms with Crippen molar-refractivity contribution in [3.05, 3.63) is 120 Å². The number of aromatic amines is 1. The van der Waals surface area contributed by atoms with E-state index in [1.807, 2.05) is 35.4 Å². The molecule has 69 heavy (non-hydrogen) atoms. The normalized spacial score (nSPS) is 16.0. The molecule has 366 valence electrons. The van der Waals surface area contributed by atoms with Crippen LogP contribution in [-0.2, 0) is 44.4 Å². The Morgan fingerprint density at radius 1 is 0.783 bits per heavy atom. The smallest absolute Gasteiger partial charge is 0.410 e. The predicted octanol–water partition coefficient (Wildman–Crippen LogP) is 6.20. The van der Waals surface area contributed by atoms with Crippen molar-refractivity contribution in [3.63, 3.8) is 0 Å². The second kappa shape index (κ2) is 20.6. The van der Waals surface area contributed by atoms with Crippen LogP contribution in [0, 0.1) is 0 Å². The number of nitrogens with zero attached hydrogens (tertiary/aromatic N) is 8. The van der Waals surface area contributed by atoms with Crippen LogP contribution in [0.3, 0.4) is 0 Å². The van der Waals surface area contributed by atoms with Gasteiger partial charge in [-0.1, -0.05) is 36.4 Å². The average molecular weight is 983 g/mol. The molecule has 0 bridgehead atoms. The SMILES string of the molecule is COc1ccc(CN(Cc2ccc(OC)cc2)S(=O)(=O)c2c(S(=O)(=O)NC3CCN(C(=O)OC(C)(C)C)C3)ccc(N3CCC(c4cnc[nH]4)CC3)c2-c2nnn(Cc3ccc(OC)cc3)n2)cc1. The number of carbonyl (C=O) groups is 1. The van der Waals surface area contributed by atoms with Crippen LogP contribution >= 0.6 is 0 Å². The Kier molecular flexibility index (Phi) is 14.6. The minimum absolute atomic E-state index is 0.00868. The van der Waals surface area contributed by atoms with Crippen LogP contribution in [0.4, 0.5) is 10.5 Å². The number of tetrazole rings is 1. The predicted molar refractivity (Wildman–Crippen MR) is 257 cm³/mol. The van der Waals surface area contributed by atoms with Gasteiger partial charge in [-0.2, -0.15) is 9.10 Å². The Bertz CT molecular complexity index is 2870. The lowest BCUT2D eigenvalue weighted by Gasteiger charge is -2.35. The number of ether oxygens (including phenoxy) is 4. The summed E-state index contributed by atoms with van der Waals surface area (Å²) in [4.78, 5) is 24.3. The van der Waals surface area contributed by atoms with Crippen molar-refractivity contribution in [1.29, 1.82) is 0 Å². The number of hydrogen-bond acceptors (Lipinski definition) is 14. The summed E-state index contributed by atoms with van der Waals surface area (Å²) in [5, 5.41) is 13.7. The van der Waals surface area contributed by atoms with Crippen LogP contribution < -0.4 is 23.8 Å². The molecular weight excluding hydrogens is 925 g/mol. The molecule has 6 aromatic rings. The van der Waals surface area contributed by atoms with E-state index in [-0.39, 0.29) is 56.5 Å². The fourth-order valence-electron chi connectivity index (χ4n) is 8.58. The van der Waals surface area contributed by atoms with Gasteiger partial charge < -0.3 is 33.7 Å². The number of H-pyrrole nitrogens is 1. The highest BCUT2D eigenvalue weighted by atomic mass is 32.2. The summed E-state index contributed by atoms with van der Waals surface area (Å²) >= 11 is 0. The fourth-order valence-corrected chi connectivity index (χ4v) is 12.3. The van der Waals surface area contributed by atoms with Gasteiger partial charge in [0.05, 0.1) is 39.8 Å². The number of methoxy groups -OCH3 is 3. The van der Waals surface area contributed by atoms with Crippen molar-refractivity contribution < 1.29 is 40.6 Å². The zero-order valence-corrected chi connectivity index (χ0v) is 41.2. The largest absolute Gasteiger partial charge is 0.497 e. The molecule has 0 saturated carbocycles. The summed E-state index contributed by atoms with van der Waals surface area (Å²) in [7, 11) is -4.90. The molecule has 8 rings (SSSR count). The first-order valence-electron chi connectivity index (χ1n) is 22.6. The minimum Gasteiger partial charge on any atom is -0.497 e. The second-order valence-corrected chi connectivity index (χ2v) is 21.6. The van der Waals surface area contributed by atoms with Gasteiger partial charge in [0.2, 0.25) is 25.9 Å². The number of amides is 1. The molecule has 2 aliphatic heterocycles. The Labute approximate surface area is 402 Å². The third kappa shape index (κ3) is 11.5. The van der Waals surface area contributed by atoms with E-state index in [9.17, 15) is 4.79 Å². The number of aromatic nitrogens is 6. The quantitative estimate of drug-likeness (QED) is 0.104. The first-order chi connectivity index (χ1) is 33.0. The number of hydrogen-bond donors (Lipinski definition) is 2. The zero-order valence-electron chi connectivity index (χ0n) is 39.5. The van der Waals surface area contributed by atoms with Gasteiger partial charge in [0.15, 0.2) is 0 Å². The lowest BCUT2D eigenvalue weighted by molar-refractivity contribution is 0.0291. The maximum absolute atomic E-state index is 16.2. The molecule has 4 heterocycles. The monoisotopic (exact) mass is 982 g/mol. The van der Waals surface area contributed by atoms with Gasteiger partial charge in [-0.3, -0.25) is 0 Å². The summed E-state index contributed by atoms with van der Waals surface area (Å²) < 4.78 is 88.3. The standard InChI is InChI=1S/C48H58N10O9S2/c1-48(2,3)67-47(59)56-26-23-37(31-56)53-68(60,61)43-20-19-42(55-24-21-36(22-25-55)41-27-49-32-50-41)44(46-51-54-58(52-46)30-35-11-17-40(66-6)18-12-35)45(43)69(62,63)57(28-33-7-13-38(64-4)14-8-33)29-34-9-15-39(65-5)16-10-34/h7-20,27,32,36-37,53H,21-26,28-31H2,1-6H3,(H,49,50). The highest BCUT2D eigenvalue weighted by molar-refractivity contribution is 7.92. The Balaban J connectivity index is 1.29. The Morgan fingerprint density at radius 3 is 1.90 bits per heavy atom. The highest BCUT2D eigenvalue weighted by Gasteiger charge is 2.41. The number of piperidine rings is 1. The molecule has 19 nitrogen and oxygen atoms in total. The fraction of sp³-hybridized carbons (Fsp3) is 0.396. The van der Waals surface area contributed by atoms with Crippen molar-refractivity contribution in [2.75, 3.05) is 52.4 Å². The molecule has 1 amide bonds. The van der Waals surface area contributed by atoms with Crippen LogP contribution in [-0.4, -0.2) is 121 Å². The van der Waals surface area contributed by atoms with Gasteiger partial charge in [0.25, 0.3) is 0 Å². The number of nitrogens with one attached hydrogen (secondary N) is 2. The van der Waals surface area contributed by atoms with E-state index >= 15 is 16.8 Å². The molecule has 1 unspecified atom stereocenters. The van der Waals surface area contributed by atoms with Gasteiger partial charge in [-0.05, 0) is 110 Å². The third-order valence-electron chi connectivity index (χ3n) is 12.1. The topological polar surface area (TPSA) is 216 Å². The van der Waals surface area contributed by atoms with Crippen molar-refractivity contribution in [2.24, 2.45) is 0 Å². The average Bonchev–Trinajstić information content (AvgIpc) is 4.15. The first-order valence-corrected chi connectivity index (χ1v) is 25.5. The number of anilines is 1. The van der Waals surface area contributed by atoms with Crippen molar-refractivity contribution in [3.8, 4) is 28.6 Å². The molecule has 4 aromatic carbocycles. The molecule has 2 aromatic heterocycles. The number of carbonyl (C=O) groups excluding carboxylic acids is 1. The molecule has 0 aliphatic carbocycles. The van der Waals surface area contributed by atoms with Crippen molar-refractivity contribution in [2.45, 2.75) is 87.0 Å². The first kappa shape index (κ1) is 48.9. The van der Waals surface area contributed by atoms with E-state index in [0.29, 0.717) is 60.0 Å². The molecule has 2 fully saturated rings. The van der Waals surface area contributed by atoms with Crippen molar-refractivity contribution >= 4 is 31.8 Å². The van der Waals surface area contributed by atoms with E-state index in [2.05, 4.69) is 25.0 Å². The summed E-state index contributed by atoms with van der Waals surface area (Å²) in [5.41, 5.74) is 2.69. The highest BCUT2D eigenvalue weighted by Crippen LogP contribution is 2.43. The number of rotatable bonds is 17. The molecular formula is C48H58N10O9S2. The summed E-state index contributed by atoms with van der Waals surface area (Å²) in [6.07, 6.45) is 4.53. The summed E-state index contributed by atoms with van der Waals surface area (Å²) in [6, 6.07) is 23.5. The van der Waals surface area contributed by atoms with Crippen LogP contribution in [0.25, 0.3) is 11.4 Å². The third-order valence-corrected chi connectivity index (χ3v) is 15.7. The lowest BCUT2D eigenvalue weighted by Crippen LogP contribution is -2.41. The number of likely N-dealkylation sites (tertiary alicyclic amines) is 1.